The number of nitrogens with zero attached hydrogens (tertiary/aromatic N) is 1. The highest BCUT2D eigenvalue weighted by Gasteiger charge is 2.29. The quantitative estimate of drug-likeness (QED) is 0.705. The van der Waals surface area contributed by atoms with Crippen molar-refractivity contribution in [2.75, 3.05) is 7.11 Å². The predicted molar refractivity (Wildman–Crippen MR) is 57.0 cm³/mol. The molecule has 1 aliphatic rings. The molecule has 0 spiro atoms. The van der Waals surface area contributed by atoms with Crippen molar-refractivity contribution in [1.29, 1.82) is 0 Å². The first kappa shape index (κ1) is 10.8. The van der Waals surface area contributed by atoms with Gasteiger partial charge in [0, 0.05) is 17.7 Å². The van der Waals surface area contributed by atoms with E-state index in [0.29, 0.717) is 12.0 Å². The van der Waals surface area contributed by atoms with Gasteiger partial charge >= 0.3 is 5.97 Å². The highest BCUT2D eigenvalue weighted by molar-refractivity contribution is 6.01. The van der Waals surface area contributed by atoms with Crippen LogP contribution in [0.1, 0.15) is 28.9 Å². The average Bonchev–Trinajstić information content (AvgIpc) is 2.33. The van der Waals surface area contributed by atoms with E-state index in [1.165, 1.54) is 7.11 Å². The molecule has 16 heavy (non-hydrogen) atoms. The molecule has 2 rings (SSSR count). The minimum absolute atomic E-state index is 0.0137. The van der Waals surface area contributed by atoms with Crippen molar-refractivity contribution in [3.8, 4) is 0 Å². The number of ether oxygens (including phenoxy) is 1. The van der Waals surface area contributed by atoms with Crippen molar-refractivity contribution in [1.82, 2.24) is 4.98 Å². The van der Waals surface area contributed by atoms with Crippen LogP contribution in [0.3, 0.4) is 0 Å². The molecule has 4 nitrogen and oxygen atoms in total. The molecule has 1 heterocycles. The van der Waals surface area contributed by atoms with Crippen LogP contribution in [0.25, 0.3) is 0 Å². The predicted octanol–water partition coefficient (Wildman–Crippen LogP) is 1.39. The van der Waals surface area contributed by atoms with E-state index in [1.807, 2.05) is 0 Å². The average molecular weight is 219 g/mol. The summed E-state index contributed by atoms with van der Waals surface area (Å²) in [6.07, 6.45) is 3.29. The number of esters is 1. The summed E-state index contributed by atoms with van der Waals surface area (Å²) in [6.45, 7) is 0. The van der Waals surface area contributed by atoms with Gasteiger partial charge < -0.3 is 4.74 Å². The van der Waals surface area contributed by atoms with E-state index in [9.17, 15) is 9.59 Å². The number of rotatable bonds is 2. The number of aromatic nitrogens is 1. The monoisotopic (exact) mass is 219 g/mol. The van der Waals surface area contributed by atoms with Gasteiger partial charge in [-0.3, -0.25) is 14.6 Å². The molecule has 0 aliphatic heterocycles. The number of hydrogen-bond acceptors (Lipinski definition) is 4. The number of aryl methyl sites for hydroxylation is 1. The molecule has 1 aromatic rings. The van der Waals surface area contributed by atoms with E-state index in [0.717, 1.165) is 12.1 Å². The summed E-state index contributed by atoms with van der Waals surface area (Å²) < 4.78 is 4.58. The van der Waals surface area contributed by atoms with Crippen LogP contribution in [0.15, 0.2) is 18.3 Å². The normalized spacial score (nSPS) is 19.1. The Labute approximate surface area is 93.6 Å². The second-order valence-corrected chi connectivity index (χ2v) is 3.88. The smallest absolute Gasteiger partial charge is 0.306 e. The minimum Gasteiger partial charge on any atom is -0.469 e. The lowest BCUT2D eigenvalue weighted by Gasteiger charge is -2.21. The van der Waals surface area contributed by atoms with Crippen LogP contribution in [-0.4, -0.2) is 23.8 Å². The third kappa shape index (κ3) is 1.96. The summed E-state index contributed by atoms with van der Waals surface area (Å²) in [7, 11) is 1.34. The molecular formula is C12H13NO3. The van der Waals surface area contributed by atoms with Crippen molar-refractivity contribution in [2.24, 2.45) is 5.92 Å². The Kier molecular flexibility index (Phi) is 2.99. The van der Waals surface area contributed by atoms with Gasteiger partial charge in [-0.1, -0.05) is 0 Å². The number of methoxy groups -OCH3 is 1. The zero-order valence-electron chi connectivity index (χ0n) is 9.10. The zero-order valence-corrected chi connectivity index (χ0v) is 9.10. The highest BCUT2D eigenvalue weighted by Crippen LogP contribution is 2.26. The lowest BCUT2D eigenvalue weighted by Crippen LogP contribution is -2.26. The number of ketones is 1. The summed E-state index contributed by atoms with van der Waals surface area (Å²) in [4.78, 5) is 27.3. The second-order valence-electron chi connectivity index (χ2n) is 3.88. The number of fused-ring (bicyclic) bond motifs is 1. The first-order valence-electron chi connectivity index (χ1n) is 5.27. The first-order chi connectivity index (χ1) is 7.72. The Morgan fingerprint density at radius 3 is 3.19 bits per heavy atom. The number of pyridine rings is 1. The number of carbonyl (C=O) groups excluding carboxylic acids is 2. The van der Waals surface area contributed by atoms with Gasteiger partial charge in [0.05, 0.1) is 19.2 Å². The second kappa shape index (κ2) is 4.43. The highest BCUT2D eigenvalue weighted by atomic mass is 16.5. The van der Waals surface area contributed by atoms with Crippen molar-refractivity contribution in [3.05, 3.63) is 29.6 Å². The molecule has 0 saturated heterocycles. The zero-order chi connectivity index (χ0) is 11.5. The van der Waals surface area contributed by atoms with Gasteiger partial charge in [0.15, 0.2) is 5.78 Å². The standard InChI is InChI=1S/C12H13NO3/c1-16-11(14)7-8-4-5-10-9(12(8)15)3-2-6-13-10/h2-3,6,8H,4-5,7H2,1H3. The Bertz CT molecular complexity index is 428. The molecule has 0 radical (unpaired) electrons. The Morgan fingerprint density at radius 2 is 2.44 bits per heavy atom. The molecular weight excluding hydrogens is 206 g/mol. The summed E-state index contributed by atoms with van der Waals surface area (Å²) in [6, 6.07) is 3.52. The molecule has 0 amide bonds. The van der Waals surface area contributed by atoms with Gasteiger partial charge in [-0.25, -0.2) is 0 Å². The van der Waals surface area contributed by atoms with Crippen LogP contribution >= 0.6 is 0 Å². The van der Waals surface area contributed by atoms with E-state index in [1.54, 1.807) is 18.3 Å². The molecule has 84 valence electrons. The third-order valence-corrected chi connectivity index (χ3v) is 2.90. The van der Waals surface area contributed by atoms with Gasteiger partial charge in [-0.05, 0) is 25.0 Å². The van der Waals surface area contributed by atoms with Crippen LogP contribution in [0.2, 0.25) is 0 Å². The number of Topliss-reactive ketones (excluding diaryl/α,β-unsaturated/α-hetero) is 1. The number of hydrogen-bond donors (Lipinski definition) is 0. The summed E-state index contributed by atoms with van der Waals surface area (Å²) in [5, 5.41) is 0. The fourth-order valence-corrected chi connectivity index (χ4v) is 2.00. The maximum Gasteiger partial charge on any atom is 0.306 e. The summed E-state index contributed by atoms with van der Waals surface area (Å²) in [5.41, 5.74) is 1.50. The van der Waals surface area contributed by atoms with Crippen molar-refractivity contribution >= 4 is 11.8 Å². The van der Waals surface area contributed by atoms with Crippen molar-refractivity contribution in [2.45, 2.75) is 19.3 Å². The van der Waals surface area contributed by atoms with Crippen LogP contribution in [0, 0.1) is 5.92 Å². The lowest BCUT2D eigenvalue weighted by atomic mass is 9.83. The maximum absolute atomic E-state index is 12.0. The molecule has 0 aromatic carbocycles. The number of carbonyl (C=O) groups is 2. The van der Waals surface area contributed by atoms with Crippen LogP contribution in [-0.2, 0) is 16.0 Å². The first-order valence-corrected chi connectivity index (χ1v) is 5.27. The maximum atomic E-state index is 12.0. The topological polar surface area (TPSA) is 56.3 Å². The van der Waals surface area contributed by atoms with Crippen molar-refractivity contribution in [3.63, 3.8) is 0 Å². The van der Waals surface area contributed by atoms with Gasteiger partial charge in [0.1, 0.15) is 0 Å². The molecule has 1 atom stereocenters. The minimum atomic E-state index is -0.328. The Hall–Kier alpha value is -1.71. The van der Waals surface area contributed by atoms with E-state index in [-0.39, 0.29) is 24.1 Å². The van der Waals surface area contributed by atoms with E-state index >= 15 is 0 Å². The van der Waals surface area contributed by atoms with Crippen molar-refractivity contribution < 1.29 is 14.3 Å². The van der Waals surface area contributed by atoms with Gasteiger partial charge in [-0.15, -0.1) is 0 Å². The SMILES string of the molecule is COC(=O)CC1CCc2ncccc2C1=O. The Morgan fingerprint density at radius 1 is 1.62 bits per heavy atom. The molecule has 4 heteroatoms. The van der Waals surface area contributed by atoms with Crippen LogP contribution < -0.4 is 0 Å². The fourth-order valence-electron chi connectivity index (χ4n) is 2.00. The Balaban J connectivity index is 2.18. The van der Waals surface area contributed by atoms with E-state index in [2.05, 4.69) is 9.72 Å². The van der Waals surface area contributed by atoms with Gasteiger partial charge in [-0.2, -0.15) is 0 Å². The molecule has 0 fully saturated rings. The van der Waals surface area contributed by atoms with Gasteiger partial charge in [0.25, 0.3) is 0 Å². The van der Waals surface area contributed by atoms with Gasteiger partial charge in [0.2, 0.25) is 0 Å². The fraction of sp³-hybridized carbons (Fsp3) is 0.417. The molecule has 1 aliphatic carbocycles. The third-order valence-electron chi connectivity index (χ3n) is 2.90. The molecule has 0 saturated carbocycles. The van der Waals surface area contributed by atoms with Crippen LogP contribution in [0.5, 0.6) is 0 Å². The van der Waals surface area contributed by atoms with E-state index in [4.69, 9.17) is 0 Å². The summed E-state index contributed by atoms with van der Waals surface area (Å²) >= 11 is 0. The molecule has 1 unspecified atom stereocenters. The van der Waals surface area contributed by atoms with E-state index < -0.39 is 0 Å². The molecule has 1 aromatic heterocycles. The molecule has 0 bridgehead atoms. The molecule has 0 N–H and O–H groups in total. The lowest BCUT2D eigenvalue weighted by molar-refractivity contribution is -0.141. The van der Waals surface area contributed by atoms with Crippen LogP contribution in [0.4, 0.5) is 0 Å². The summed E-state index contributed by atoms with van der Waals surface area (Å²) in [5.74, 6) is -0.561. The largest absolute Gasteiger partial charge is 0.469 e.